The molecule has 0 atom stereocenters. The minimum atomic E-state index is -0.401. The van der Waals surface area contributed by atoms with E-state index in [1.807, 2.05) is 18.2 Å². The lowest BCUT2D eigenvalue weighted by Crippen LogP contribution is -2.04. The van der Waals surface area contributed by atoms with Crippen LogP contribution in [0.3, 0.4) is 0 Å². The van der Waals surface area contributed by atoms with Gasteiger partial charge in [-0.25, -0.2) is 14.4 Å². The van der Waals surface area contributed by atoms with Crippen LogP contribution in [0.15, 0.2) is 54.9 Å². The van der Waals surface area contributed by atoms with E-state index < -0.39 is 5.82 Å². The van der Waals surface area contributed by atoms with Gasteiger partial charge in [0.15, 0.2) is 11.8 Å². The topological polar surface area (TPSA) is 83.2 Å². The monoisotopic (exact) mass is 390 g/mol. The van der Waals surface area contributed by atoms with Crippen molar-refractivity contribution in [3.8, 4) is 22.9 Å². The minimum Gasteiger partial charge on any atom is -0.494 e. The Hall–Kier alpha value is -3.61. The maximum absolute atomic E-state index is 14.4. The van der Waals surface area contributed by atoms with E-state index in [-0.39, 0.29) is 18.3 Å². The summed E-state index contributed by atoms with van der Waals surface area (Å²) in [5.74, 6) is 0.169. The van der Waals surface area contributed by atoms with Crippen molar-refractivity contribution >= 4 is 16.7 Å². The highest BCUT2D eigenvalue weighted by Gasteiger charge is 2.22. The molecule has 4 aromatic rings. The van der Waals surface area contributed by atoms with Crippen LogP contribution in [0, 0.1) is 5.82 Å². The molecular formula is C22H19FN4O2. The van der Waals surface area contributed by atoms with Crippen LogP contribution in [0.4, 0.5) is 10.2 Å². The fourth-order valence-electron chi connectivity index (χ4n) is 3.43. The highest BCUT2D eigenvalue weighted by Crippen LogP contribution is 2.32. The van der Waals surface area contributed by atoms with Crippen molar-refractivity contribution in [2.45, 2.75) is 25.4 Å². The summed E-state index contributed by atoms with van der Waals surface area (Å²) in [4.78, 5) is 8.72. The van der Waals surface area contributed by atoms with Gasteiger partial charge in [-0.1, -0.05) is 12.1 Å². The lowest BCUT2D eigenvalue weighted by Gasteiger charge is -2.12. The van der Waals surface area contributed by atoms with Crippen LogP contribution in [-0.2, 0) is 6.54 Å². The molecule has 1 aliphatic rings. The Morgan fingerprint density at radius 2 is 1.69 bits per heavy atom. The molecule has 146 valence electrons. The SMILES string of the molecule is Oc1ccc(O)n1Cc1cc(-c2ccc3ncnc(NC4CC4)c3c2)ccc1F. The summed E-state index contributed by atoms with van der Waals surface area (Å²) < 4.78 is 15.6. The van der Waals surface area contributed by atoms with E-state index in [0.29, 0.717) is 11.6 Å². The number of hydrogen-bond acceptors (Lipinski definition) is 5. The number of benzene rings is 2. The molecule has 6 nitrogen and oxygen atoms in total. The molecule has 5 rings (SSSR count). The largest absolute Gasteiger partial charge is 0.494 e. The van der Waals surface area contributed by atoms with Crippen molar-refractivity contribution in [2.24, 2.45) is 0 Å². The second-order valence-electron chi connectivity index (χ2n) is 7.31. The van der Waals surface area contributed by atoms with Crippen molar-refractivity contribution < 1.29 is 14.6 Å². The van der Waals surface area contributed by atoms with Gasteiger partial charge in [-0.3, -0.25) is 4.57 Å². The number of aromatic hydroxyl groups is 2. The predicted octanol–water partition coefficient (Wildman–Crippen LogP) is 4.27. The second-order valence-corrected chi connectivity index (χ2v) is 7.31. The molecule has 1 fully saturated rings. The molecule has 0 saturated heterocycles. The van der Waals surface area contributed by atoms with E-state index in [4.69, 9.17) is 0 Å². The number of nitrogens with zero attached hydrogens (tertiary/aromatic N) is 3. The molecule has 0 spiro atoms. The van der Waals surface area contributed by atoms with Crippen molar-refractivity contribution in [3.63, 3.8) is 0 Å². The van der Waals surface area contributed by atoms with Gasteiger partial charge in [0.05, 0.1) is 12.1 Å². The van der Waals surface area contributed by atoms with Crippen LogP contribution in [0.2, 0.25) is 0 Å². The molecule has 1 saturated carbocycles. The Bertz CT molecular complexity index is 1200. The first-order chi connectivity index (χ1) is 14.1. The number of fused-ring (bicyclic) bond motifs is 1. The summed E-state index contributed by atoms with van der Waals surface area (Å²) in [5, 5.41) is 24.1. The minimum absolute atomic E-state index is 0.0233. The van der Waals surface area contributed by atoms with Crippen LogP contribution in [0.1, 0.15) is 18.4 Å². The molecule has 3 N–H and O–H groups in total. The number of hydrogen-bond donors (Lipinski definition) is 3. The summed E-state index contributed by atoms with van der Waals surface area (Å²) in [5.41, 5.74) is 2.95. The van der Waals surface area contributed by atoms with Gasteiger partial charge in [-0.2, -0.15) is 0 Å². The summed E-state index contributed by atoms with van der Waals surface area (Å²) in [6.45, 7) is 0.0233. The van der Waals surface area contributed by atoms with Gasteiger partial charge in [0.2, 0.25) is 0 Å². The van der Waals surface area contributed by atoms with Crippen molar-refractivity contribution in [2.75, 3.05) is 5.32 Å². The van der Waals surface area contributed by atoms with Gasteiger partial charge >= 0.3 is 0 Å². The predicted molar refractivity (Wildman–Crippen MR) is 108 cm³/mol. The average molecular weight is 390 g/mol. The van der Waals surface area contributed by atoms with Crippen molar-refractivity contribution in [3.05, 3.63) is 66.2 Å². The van der Waals surface area contributed by atoms with E-state index in [0.717, 1.165) is 40.7 Å². The zero-order valence-electron chi connectivity index (χ0n) is 15.5. The third kappa shape index (κ3) is 3.35. The van der Waals surface area contributed by atoms with Crippen molar-refractivity contribution in [1.82, 2.24) is 14.5 Å². The maximum Gasteiger partial charge on any atom is 0.194 e. The fraction of sp³-hybridized carbons (Fsp3) is 0.182. The maximum atomic E-state index is 14.4. The molecule has 0 bridgehead atoms. The summed E-state index contributed by atoms with van der Waals surface area (Å²) >= 11 is 0. The molecule has 7 heteroatoms. The molecular weight excluding hydrogens is 371 g/mol. The highest BCUT2D eigenvalue weighted by molar-refractivity contribution is 5.92. The Balaban J connectivity index is 1.54. The molecule has 0 aliphatic heterocycles. The van der Waals surface area contributed by atoms with Crippen LogP contribution >= 0.6 is 0 Å². The number of aromatic nitrogens is 3. The summed E-state index contributed by atoms with van der Waals surface area (Å²) in [7, 11) is 0. The van der Waals surface area contributed by atoms with Crippen LogP contribution in [0.25, 0.3) is 22.0 Å². The van der Waals surface area contributed by atoms with Gasteiger partial charge in [-0.05, 0) is 48.2 Å². The summed E-state index contributed by atoms with van der Waals surface area (Å²) in [6, 6.07) is 13.9. The molecule has 0 amide bonds. The number of rotatable bonds is 5. The molecule has 1 aliphatic carbocycles. The first kappa shape index (κ1) is 17.5. The smallest absolute Gasteiger partial charge is 0.194 e. The molecule has 0 radical (unpaired) electrons. The number of nitrogens with one attached hydrogen (secondary N) is 1. The lowest BCUT2D eigenvalue weighted by atomic mass is 10.0. The van der Waals surface area contributed by atoms with E-state index >= 15 is 0 Å². The Morgan fingerprint density at radius 3 is 2.45 bits per heavy atom. The van der Waals surface area contributed by atoms with Gasteiger partial charge in [0.25, 0.3) is 0 Å². The van der Waals surface area contributed by atoms with Crippen LogP contribution < -0.4 is 5.32 Å². The van der Waals surface area contributed by atoms with Gasteiger partial charge in [-0.15, -0.1) is 0 Å². The van der Waals surface area contributed by atoms with Gasteiger partial charge in [0.1, 0.15) is 18.0 Å². The standard InChI is InChI=1S/C22H19FN4O2/c23-18-5-1-13(9-15(18)11-27-20(28)7-8-21(27)29)14-2-6-19-17(10-14)22(25-12-24-19)26-16-3-4-16/h1-2,5-10,12,16,28-29H,3-4,11H2,(H,24,25,26). The number of anilines is 1. The summed E-state index contributed by atoms with van der Waals surface area (Å²) in [6.07, 6.45) is 3.84. The Labute approximate surface area is 166 Å². The zero-order valence-corrected chi connectivity index (χ0v) is 15.5. The zero-order chi connectivity index (χ0) is 20.0. The molecule has 2 heterocycles. The molecule has 0 unspecified atom stereocenters. The third-order valence-electron chi connectivity index (χ3n) is 5.20. The van der Waals surface area contributed by atoms with Crippen molar-refractivity contribution in [1.29, 1.82) is 0 Å². The Morgan fingerprint density at radius 1 is 0.966 bits per heavy atom. The highest BCUT2D eigenvalue weighted by atomic mass is 19.1. The second kappa shape index (κ2) is 6.77. The third-order valence-corrected chi connectivity index (χ3v) is 5.20. The van der Waals surface area contributed by atoms with E-state index in [1.54, 1.807) is 18.5 Å². The first-order valence-corrected chi connectivity index (χ1v) is 9.46. The lowest BCUT2D eigenvalue weighted by molar-refractivity contribution is 0.375. The molecule has 2 aromatic carbocycles. The average Bonchev–Trinajstić information content (AvgIpc) is 3.49. The normalized spacial score (nSPS) is 13.7. The fourth-order valence-corrected chi connectivity index (χ4v) is 3.43. The van der Waals surface area contributed by atoms with Gasteiger partial charge < -0.3 is 15.5 Å². The van der Waals surface area contributed by atoms with Crippen LogP contribution in [-0.4, -0.2) is 30.8 Å². The van der Waals surface area contributed by atoms with Gasteiger partial charge in [0, 0.05) is 29.1 Å². The number of halogens is 1. The van der Waals surface area contributed by atoms with E-state index in [1.165, 1.54) is 22.8 Å². The Kier molecular flexibility index (Phi) is 4.08. The van der Waals surface area contributed by atoms with E-state index in [2.05, 4.69) is 15.3 Å². The van der Waals surface area contributed by atoms with Crippen LogP contribution in [0.5, 0.6) is 11.8 Å². The first-order valence-electron chi connectivity index (χ1n) is 9.46. The molecule has 29 heavy (non-hydrogen) atoms. The molecule has 2 aromatic heterocycles. The van der Waals surface area contributed by atoms with E-state index in [9.17, 15) is 14.6 Å². The quantitative estimate of drug-likeness (QED) is 0.474.